The molecule has 0 aromatic heterocycles. The number of hydrogen-bond donors (Lipinski definition) is 1. The quantitative estimate of drug-likeness (QED) is 0.719. The van der Waals surface area contributed by atoms with Crippen LogP contribution in [0.4, 0.5) is 0 Å². The van der Waals surface area contributed by atoms with Crippen LogP contribution in [-0.2, 0) is 4.74 Å². The van der Waals surface area contributed by atoms with Gasteiger partial charge in [0, 0.05) is 10.7 Å². The SMILES string of the molecule is C=C(Cl)/C=C\C(=C)NC1(C#N)COC1. The fraction of sp³-hybridized carbons (Fsp3) is 0.300. The highest BCUT2D eigenvalue weighted by Gasteiger charge is 2.38. The number of nitrogens with zero attached hydrogens (tertiary/aromatic N) is 1. The number of nitriles is 1. The number of rotatable bonds is 4. The first kappa shape index (κ1) is 10.8. The summed E-state index contributed by atoms with van der Waals surface area (Å²) in [5, 5.41) is 12.2. The lowest BCUT2D eigenvalue weighted by molar-refractivity contribution is -0.0382. The van der Waals surface area contributed by atoms with E-state index in [4.69, 9.17) is 21.6 Å². The standard InChI is InChI=1S/C10H11ClN2O/c1-8(11)3-4-9(2)13-10(5-12)6-14-7-10/h3-4,13H,1-2,6-7H2/b4-3-. The van der Waals surface area contributed by atoms with Crippen LogP contribution in [0.25, 0.3) is 0 Å². The summed E-state index contributed by atoms with van der Waals surface area (Å²) in [4.78, 5) is 0. The first-order valence-electron chi connectivity index (χ1n) is 4.06. The second kappa shape index (κ2) is 4.32. The molecule has 1 heterocycles. The van der Waals surface area contributed by atoms with Gasteiger partial charge in [0.25, 0.3) is 0 Å². The predicted molar refractivity (Wildman–Crippen MR) is 55.6 cm³/mol. The Morgan fingerprint density at radius 3 is 2.50 bits per heavy atom. The lowest BCUT2D eigenvalue weighted by Gasteiger charge is -2.36. The molecule has 0 aromatic carbocycles. The third-order valence-electron chi connectivity index (χ3n) is 1.78. The molecule has 0 radical (unpaired) electrons. The molecule has 0 aromatic rings. The number of allylic oxidation sites excluding steroid dienone is 3. The molecular weight excluding hydrogens is 200 g/mol. The van der Waals surface area contributed by atoms with E-state index in [0.717, 1.165) is 0 Å². The van der Waals surface area contributed by atoms with Crippen molar-refractivity contribution in [2.75, 3.05) is 13.2 Å². The van der Waals surface area contributed by atoms with Crippen molar-refractivity contribution in [2.45, 2.75) is 5.54 Å². The van der Waals surface area contributed by atoms with Crippen molar-refractivity contribution in [1.82, 2.24) is 5.32 Å². The van der Waals surface area contributed by atoms with Gasteiger partial charge in [-0.25, -0.2) is 0 Å². The Morgan fingerprint density at radius 1 is 1.50 bits per heavy atom. The largest absolute Gasteiger partial charge is 0.374 e. The van der Waals surface area contributed by atoms with Crippen molar-refractivity contribution >= 4 is 11.6 Å². The van der Waals surface area contributed by atoms with E-state index >= 15 is 0 Å². The van der Waals surface area contributed by atoms with E-state index in [-0.39, 0.29) is 0 Å². The van der Waals surface area contributed by atoms with Crippen molar-refractivity contribution in [3.63, 3.8) is 0 Å². The summed E-state index contributed by atoms with van der Waals surface area (Å²) in [6.45, 7) is 8.01. The molecule has 14 heavy (non-hydrogen) atoms. The van der Waals surface area contributed by atoms with Crippen molar-refractivity contribution in [3.8, 4) is 6.07 Å². The summed E-state index contributed by atoms with van der Waals surface area (Å²) >= 11 is 5.53. The Kier molecular flexibility index (Phi) is 3.34. The Hall–Kier alpha value is -1.24. The van der Waals surface area contributed by atoms with Crippen molar-refractivity contribution < 1.29 is 4.74 Å². The smallest absolute Gasteiger partial charge is 0.172 e. The lowest BCUT2D eigenvalue weighted by atomic mass is 9.99. The number of hydrogen-bond acceptors (Lipinski definition) is 3. The Labute approximate surface area is 88.3 Å². The van der Waals surface area contributed by atoms with Gasteiger partial charge >= 0.3 is 0 Å². The van der Waals surface area contributed by atoms with Gasteiger partial charge in [0.15, 0.2) is 5.54 Å². The van der Waals surface area contributed by atoms with Gasteiger partial charge in [-0.15, -0.1) is 0 Å². The maximum atomic E-state index is 8.86. The lowest BCUT2D eigenvalue weighted by Crippen LogP contribution is -2.58. The van der Waals surface area contributed by atoms with Crippen LogP contribution in [-0.4, -0.2) is 18.8 Å². The predicted octanol–water partition coefficient (Wildman–Crippen LogP) is 1.69. The molecule has 0 amide bonds. The zero-order valence-electron chi connectivity index (χ0n) is 7.72. The Balaban J connectivity index is 2.49. The van der Waals surface area contributed by atoms with Gasteiger partial charge in [-0.1, -0.05) is 24.8 Å². The van der Waals surface area contributed by atoms with Crippen LogP contribution in [0.15, 0.2) is 36.0 Å². The highest BCUT2D eigenvalue weighted by Crippen LogP contribution is 2.17. The Bertz CT molecular complexity index is 324. The molecule has 0 atom stereocenters. The number of nitrogens with one attached hydrogen (secondary N) is 1. The molecular formula is C10H11ClN2O. The molecule has 1 saturated heterocycles. The molecule has 0 bridgehead atoms. The van der Waals surface area contributed by atoms with Gasteiger partial charge in [-0.05, 0) is 12.2 Å². The van der Waals surface area contributed by atoms with Gasteiger partial charge in [-0.2, -0.15) is 5.26 Å². The van der Waals surface area contributed by atoms with E-state index in [1.807, 2.05) is 0 Å². The van der Waals surface area contributed by atoms with Crippen LogP contribution in [0.3, 0.4) is 0 Å². The molecule has 0 aliphatic carbocycles. The maximum Gasteiger partial charge on any atom is 0.172 e. The third-order valence-corrected chi connectivity index (χ3v) is 1.90. The molecule has 1 N–H and O–H groups in total. The molecule has 1 fully saturated rings. The van der Waals surface area contributed by atoms with E-state index in [1.54, 1.807) is 12.2 Å². The third kappa shape index (κ3) is 2.63. The molecule has 0 unspecified atom stereocenters. The zero-order chi connectivity index (χ0) is 10.6. The van der Waals surface area contributed by atoms with Crippen LogP contribution >= 0.6 is 11.6 Å². The molecule has 1 aliphatic heterocycles. The number of halogens is 1. The highest BCUT2D eigenvalue weighted by molar-refractivity contribution is 6.30. The molecule has 0 spiro atoms. The minimum Gasteiger partial charge on any atom is -0.374 e. The minimum absolute atomic E-state index is 0.387. The van der Waals surface area contributed by atoms with E-state index in [1.165, 1.54) is 0 Å². The van der Waals surface area contributed by atoms with E-state index in [9.17, 15) is 0 Å². The molecule has 3 nitrogen and oxygen atoms in total. The summed E-state index contributed by atoms with van der Waals surface area (Å²) < 4.78 is 4.96. The molecule has 74 valence electrons. The topological polar surface area (TPSA) is 45.0 Å². The summed E-state index contributed by atoms with van der Waals surface area (Å²) in [6, 6.07) is 2.15. The van der Waals surface area contributed by atoms with Crippen LogP contribution in [0.2, 0.25) is 0 Å². The summed E-state index contributed by atoms with van der Waals surface area (Å²) in [5.41, 5.74) is 0.00590. The second-order valence-electron chi connectivity index (χ2n) is 3.12. The van der Waals surface area contributed by atoms with Gasteiger partial charge in [-0.3, -0.25) is 0 Å². The summed E-state index contributed by atoms with van der Waals surface area (Å²) in [7, 11) is 0. The normalized spacial score (nSPS) is 18.3. The van der Waals surface area contributed by atoms with Gasteiger partial charge in [0.05, 0.1) is 19.3 Å². The first-order valence-corrected chi connectivity index (χ1v) is 4.44. The van der Waals surface area contributed by atoms with E-state index in [2.05, 4.69) is 24.5 Å². The average Bonchev–Trinajstić information content (AvgIpc) is 2.08. The molecule has 1 rings (SSSR count). The monoisotopic (exact) mass is 210 g/mol. The molecule has 1 aliphatic rings. The molecule has 4 heteroatoms. The van der Waals surface area contributed by atoms with Crippen LogP contribution in [0, 0.1) is 11.3 Å². The fourth-order valence-electron chi connectivity index (χ4n) is 1.01. The van der Waals surface area contributed by atoms with Crippen molar-refractivity contribution in [2.24, 2.45) is 0 Å². The number of ether oxygens (including phenoxy) is 1. The maximum absolute atomic E-state index is 8.86. The van der Waals surface area contributed by atoms with Gasteiger partial charge in [0.1, 0.15) is 0 Å². The zero-order valence-corrected chi connectivity index (χ0v) is 8.47. The molecule has 0 saturated carbocycles. The van der Waals surface area contributed by atoms with Crippen molar-refractivity contribution in [1.29, 1.82) is 5.26 Å². The summed E-state index contributed by atoms with van der Waals surface area (Å²) in [5.74, 6) is 0. The first-order chi connectivity index (χ1) is 6.58. The second-order valence-corrected chi connectivity index (χ2v) is 3.60. The van der Waals surface area contributed by atoms with Crippen LogP contribution in [0.1, 0.15) is 0 Å². The van der Waals surface area contributed by atoms with Crippen LogP contribution < -0.4 is 5.32 Å². The minimum atomic E-state index is -0.616. The van der Waals surface area contributed by atoms with Gasteiger partial charge in [0.2, 0.25) is 0 Å². The fourth-order valence-corrected chi connectivity index (χ4v) is 1.07. The average molecular weight is 211 g/mol. The summed E-state index contributed by atoms with van der Waals surface area (Å²) in [6.07, 6.45) is 3.29. The van der Waals surface area contributed by atoms with E-state index in [0.29, 0.717) is 23.9 Å². The van der Waals surface area contributed by atoms with E-state index < -0.39 is 5.54 Å². The van der Waals surface area contributed by atoms with Crippen LogP contribution in [0.5, 0.6) is 0 Å². The Morgan fingerprint density at radius 2 is 2.14 bits per heavy atom. The highest BCUT2D eigenvalue weighted by atomic mass is 35.5. The van der Waals surface area contributed by atoms with Crippen molar-refractivity contribution in [3.05, 3.63) is 36.0 Å². The van der Waals surface area contributed by atoms with Gasteiger partial charge < -0.3 is 10.1 Å².